The fourth-order valence-electron chi connectivity index (χ4n) is 1.77. The van der Waals surface area contributed by atoms with Crippen LogP contribution in [0.2, 0.25) is 5.02 Å². The fraction of sp³-hybridized carbons (Fsp3) is 0.308. The van der Waals surface area contributed by atoms with Crippen LogP contribution in [-0.4, -0.2) is 20.5 Å². The highest BCUT2D eigenvalue weighted by Gasteiger charge is 2.20. The molecule has 2 heterocycles. The highest BCUT2D eigenvalue weighted by Crippen LogP contribution is 2.22. The second kappa shape index (κ2) is 4.90. The van der Waals surface area contributed by atoms with Crippen LogP contribution in [0.1, 0.15) is 41.6 Å². The second-order valence-electron chi connectivity index (χ2n) is 4.39. The van der Waals surface area contributed by atoms with E-state index >= 15 is 0 Å². The number of pyridine rings is 1. The van der Waals surface area contributed by atoms with E-state index in [1.165, 1.54) is 6.20 Å². The lowest BCUT2D eigenvalue weighted by molar-refractivity contribution is 0.102. The molecule has 2 rings (SSSR count). The summed E-state index contributed by atoms with van der Waals surface area (Å²) in [6.07, 6.45) is 3.12. The minimum Gasteiger partial charge on any atom is -0.287 e. The van der Waals surface area contributed by atoms with Gasteiger partial charge in [-0.15, -0.1) is 0 Å². The van der Waals surface area contributed by atoms with E-state index in [9.17, 15) is 4.79 Å². The minimum atomic E-state index is -0.128. The number of aryl methyl sites for hydroxylation is 1. The van der Waals surface area contributed by atoms with Crippen LogP contribution >= 0.6 is 11.6 Å². The van der Waals surface area contributed by atoms with Crippen LogP contribution in [0.4, 0.5) is 0 Å². The van der Waals surface area contributed by atoms with Gasteiger partial charge in [0.15, 0.2) is 0 Å². The number of nitrogens with zero attached hydrogens (tertiary/aromatic N) is 3. The van der Waals surface area contributed by atoms with Crippen molar-refractivity contribution in [2.75, 3.05) is 0 Å². The maximum absolute atomic E-state index is 12.4. The third-order valence-corrected chi connectivity index (χ3v) is 2.89. The summed E-state index contributed by atoms with van der Waals surface area (Å²) >= 11 is 6.05. The molecule has 0 bridgehead atoms. The van der Waals surface area contributed by atoms with Gasteiger partial charge in [-0.2, -0.15) is 5.10 Å². The van der Waals surface area contributed by atoms with E-state index in [4.69, 9.17) is 11.6 Å². The molecule has 0 amide bonds. The van der Waals surface area contributed by atoms with Gasteiger partial charge in [-0.1, -0.05) is 11.6 Å². The number of halogens is 1. The molecule has 0 saturated carbocycles. The first kappa shape index (κ1) is 12.8. The van der Waals surface area contributed by atoms with Gasteiger partial charge < -0.3 is 0 Å². The van der Waals surface area contributed by atoms with Crippen LogP contribution in [0.15, 0.2) is 24.5 Å². The lowest BCUT2D eigenvalue weighted by Crippen LogP contribution is -2.14. The number of hydrogen-bond acceptors (Lipinski definition) is 3. The van der Waals surface area contributed by atoms with E-state index in [1.807, 2.05) is 20.8 Å². The Morgan fingerprint density at radius 3 is 2.78 bits per heavy atom. The molecule has 0 unspecified atom stereocenters. The monoisotopic (exact) mass is 263 g/mol. The molecule has 18 heavy (non-hydrogen) atoms. The Morgan fingerprint density at radius 2 is 2.17 bits per heavy atom. The molecule has 94 valence electrons. The van der Waals surface area contributed by atoms with Crippen molar-refractivity contribution in [3.8, 4) is 0 Å². The van der Waals surface area contributed by atoms with Crippen LogP contribution < -0.4 is 0 Å². The number of aromatic nitrogens is 3. The summed E-state index contributed by atoms with van der Waals surface area (Å²) in [5.41, 5.74) is 1.80. The molecular weight excluding hydrogens is 250 g/mol. The summed E-state index contributed by atoms with van der Waals surface area (Å²) in [5.74, 6) is -0.128. The number of carbonyl (C=O) groups is 1. The van der Waals surface area contributed by atoms with Gasteiger partial charge in [-0.3, -0.25) is 14.5 Å². The number of rotatable bonds is 3. The minimum absolute atomic E-state index is 0.0828. The van der Waals surface area contributed by atoms with Crippen molar-refractivity contribution in [1.82, 2.24) is 14.8 Å². The maximum atomic E-state index is 12.4. The molecule has 0 aliphatic rings. The van der Waals surface area contributed by atoms with E-state index < -0.39 is 0 Å². The van der Waals surface area contributed by atoms with Crippen LogP contribution in [0.5, 0.6) is 0 Å². The lowest BCUT2D eigenvalue weighted by Gasteiger charge is -2.10. The first-order valence-corrected chi connectivity index (χ1v) is 6.09. The zero-order chi connectivity index (χ0) is 13.3. The zero-order valence-corrected chi connectivity index (χ0v) is 11.3. The molecule has 4 nitrogen and oxygen atoms in total. The first-order chi connectivity index (χ1) is 8.50. The predicted octanol–water partition coefficient (Wildman–Crippen LogP) is 3.05. The number of hydrogen-bond donors (Lipinski definition) is 0. The molecule has 0 radical (unpaired) electrons. The van der Waals surface area contributed by atoms with Gasteiger partial charge in [0.05, 0.1) is 11.2 Å². The van der Waals surface area contributed by atoms with E-state index in [1.54, 1.807) is 23.0 Å². The van der Waals surface area contributed by atoms with Gasteiger partial charge in [0.2, 0.25) is 5.78 Å². The second-order valence-corrected chi connectivity index (χ2v) is 4.80. The van der Waals surface area contributed by atoms with E-state index in [0.29, 0.717) is 16.3 Å². The fourth-order valence-corrected chi connectivity index (χ4v) is 1.98. The van der Waals surface area contributed by atoms with Crippen LogP contribution in [-0.2, 0) is 0 Å². The Bertz CT molecular complexity index is 590. The Labute approximate surface area is 111 Å². The predicted molar refractivity (Wildman–Crippen MR) is 70.0 cm³/mol. The molecule has 0 aliphatic heterocycles. The Kier molecular flexibility index (Phi) is 3.48. The highest BCUT2D eigenvalue weighted by atomic mass is 35.5. The van der Waals surface area contributed by atoms with E-state index in [0.717, 1.165) is 5.69 Å². The van der Waals surface area contributed by atoms with Gasteiger partial charge in [0.1, 0.15) is 5.69 Å². The lowest BCUT2D eigenvalue weighted by atomic mass is 10.1. The topological polar surface area (TPSA) is 47.8 Å². The average Bonchev–Trinajstić information content (AvgIpc) is 2.70. The molecule has 2 aromatic rings. The van der Waals surface area contributed by atoms with Gasteiger partial charge in [0, 0.05) is 23.5 Å². The largest absolute Gasteiger partial charge is 0.287 e. The van der Waals surface area contributed by atoms with Crippen LogP contribution in [0, 0.1) is 6.92 Å². The molecular formula is C13H14ClN3O. The Morgan fingerprint density at radius 1 is 1.44 bits per heavy atom. The number of ketones is 1. The van der Waals surface area contributed by atoms with Crippen molar-refractivity contribution in [2.24, 2.45) is 0 Å². The summed E-state index contributed by atoms with van der Waals surface area (Å²) in [5, 5.41) is 4.51. The molecule has 0 atom stereocenters. The van der Waals surface area contributed by atoms with Crippen LogP contribution in [0.3, 0.4) is 0 Å². The third-order valence-electron chi connectivity index (χ3n) is 2.61. The molecule has 2 aromatic heterocycles. The highest BCUT2D eigenvalue weighted by molar-refractivity contribution is 6.34. The SMILES string of the molecule is Cc1cc(C(=O)c2c(Cl)cnn2C(C)C)ccn1. The molecule has 0 spiro atoms. The van der Waals surface area contributed by atoms with Crippen LogP contribution in [0.25, 0.3) is 0 Å². The van der Waals surface area contributed by atoms with E-state index in [-0.39, 0.29) is 11.8 Å². The molecule has 0 fully saturated rings. The van der Waals surface area contributed by atoms with Crippen molar-refractivity contribution < 1.29 is 4.79 Å². The standard InChI is InChI=1S/C13H14ClN3O/c1-8(2)17-12(11(14)7-16-17)13(18)10-4-5-15-9(3)6-10/h4-8H,1-3H3. The summed E-state index contributed by atoms with van der Waals surface area (Å²) < 4.78 is 1.64. The van der Waals surface area contributed by atoms with Crippen molar-refractivity contribution in [1.29, 1.82) is 0 Å². The summed E-state index contributed by atoms with van der Waals surface area (Å²) in [7, 11) is 0. The van der Waals surface area contributed by atoms with Gasteiger partial charge in [0.25, 0.3) is 0 Å². The van der Waals surface area contributed by atoms with Gasteiger partial charge in [-0.05, 0) is 32.9 Å². The van der Waals surface area contributed by atoms with Crippen molar-refractivity contribution in [3.05, 3.63) is 46.5 Å². The molecule has 0 saturated heterocycles. The number of carbonyl (C=O) groups excluding carboxylic acids is 1. The molecule has 0 aliphatic carbocycles. The summed E-state index contributed by atoms with van der Waals surface area (Å²) in [6, 6.07) is 3.51. The quantitative estimate of drug-likeness (QED) is 0.800. The first-order valence-electron chi connectivity index (χ1n) is 5.71. The molecule has 5 heteroatoms. The third kappa shape index (κ3) is 2.29. The van der Waals surface area contributed by atoms with Gasteiger partial charge in [-0.25, -0.2) is 0 Å². The van der Waals surface area contributed by atoms with Crippen molar-refractivity contribution >= 4 is 17.4 Å². The smallest absolute Gasteiger partial charge is 0.212 e. The normalized spacial score (nSPS) is 10.9. The average molecular weight is 264 g/mol. The molecule has 0 aromatic carbocycles. The summed E-state index contributed by atoms with van der Waals surface area (Å²) in [6.45, 7) is 5.76. The van der Waals surface area contributed by atoms with Gasteiger partial charge >= 0.3 is 0 Å². The van der Waals surface area contributed by atoms with E-state index in [2.05, 4.69) is 10.1 Å². The summed E-state index contributed by atoms with van der Waals surface area (Å²) in [4.78, 5) is 16.5. The Hall–Kier alpha value is -1.68. The van der Waals surface area contributed by atoms with Crippen molar-refractivity contribution in [3.63, 3.8) is 0 Å². The zero-order valence-electron chi connectivity index (χ0n) is 10.5. The molecule has 0 N–H and O–H groups in total. The Balaban J connectivity index is 2.49. The van der Waals surface area contributed by atoms with Crippen molar-refractivity contribution in [2.45, 2.75) is 26.8 Å². The maximum Gasteiger partial charge on any atom is 0.212 e.